The number of nitrogens with one attached hydrogen (secondary N) is 1. The van der Waals surface area contributed by atoms with E-state index in [2.05, 4.69) is 5.32 Å². The molecule has 0 saturated carbocycles. The number of carboxylic acid groups (broad SMARTS) is 1. The molecule has 1 amide bonds. The van der Waals surface area contributed by atoms with Crippen molar-refractivity contribution in [1.82, 2.24) is 10.2 Å². The van der Waals surface area contributed by atoms with Crippen LogP contribution >= 0.6 is 0 Å². The van der Waals surface area contributed by atoms with Crippen LogP contribution in [0.25, 0.3) is 0 Å². The van der Waals surface area contributed by atoms with Crippen molar-refractivity contribution in [3.8, 4) is 0 Å². The second-order valence-corrected chi connectivity index (χ2v) is 3.86. The molecular formula is C11H15N3O2. The van der Waals surface area contributed by atoms with E-state index in [9.17, 15) is 4.79 Å². The van der Waals surface area contributed by atoms with E-state index in [-0.39, 0.29) is 6.04 Å². The second-order valence-electron chi connectivity index (χ2n) is 3.86. The first-order valence-electron chi connectivity index (χ1n) is 5.24. The van der Waals surface area contributed by atoms with Gasteiger partial charge in [-0.1, -0.05) is 12.1 Å². The number of hydrogen-bond donors (Lipinski definition) is 3. The summed E-state index contributed by atoms with van der Waals surface area (Å²) in [7, 11) is 0. The van der Waals surface area contributed by atoms with Gasteiger partial charge in [0.15, 0.2) is 0 Å². The van der Waals surface area contributed by atoms with Crippen LogP contribution in [-0.4, -0.2) is 35.7 Å². The first-order chi connectivity index (χ1) is 7.68. The topological polar surface area (TPSA) is 78.6 Å². The molecule has 0 radical (unpaired) electrons. The monoisotopic (exact) mass is 221 g/mol. The Hall–Kier alpha value is -1.75. The number of rotatable bonds is 1. The van der Waals surface area contributed by atoms with Crippen molar-refractivity contribution in [1.29, 1.82) is 0 Å². The van der Waals surface area contributed by atoms with Gasteiger partial charge in [0, 0.05) is 25.3 Å². The van der Waals surface area contributed by atoms with E-state index in [4.69, 9.17) is 10.8 Å². The van der Waals surface area contributed by atoms with Gasteiger partial charge in [0.25, 0.3) is 0 Å². The number of nitrogens with two attached hydrogens (primary N) is 1. The van der Waals surface area contributed by atoms with Crippen LogP contribution in [-0.2, 0) is 0 Å². The molecule has 1 heterocycles. The molecule has 0 bridgehead atoms. The number of nitrogen functional groups attached to an aromatic ring is 1. The predicted molar refractivity (Wildman–Crippen MR) is 61.2 cm³/mol. The molecule has 0 aliphatic carbocycles. The summed E-state index contributed by atoms with van der Waals surface area (Å²) in [6, 6.07) is 7.23. The lowest BCUT2D eigenvalue weighted by Crippen LogP contribution is -2.48. The zero-order valence-electron chi connectivity index (χ0n) is 8.89. The second kappa shape index (κ2) is 4.40. The Morgan fingerprint density at radius 1 is 1.44 bits per heavy atom. The highest BCUT2D eigenvalue weighted by atomic mass is 16.4. The standard InChI is InChI=1S/C11H15N3O2/c12-9-3-1-8(2-4-9)10-7-13-5-6-14(10)11(15)16/h1-4,10,13H,5-7,12H2,(H,15,16). The van der Waals surface area contributed by atoms with Gasteiger partial charge in [0.1, 0.15) is 0 Å². The van der Waals surface area contributed by atoms with Crippen molar-refractivity contribution >= 4 is 11.8 Å². The van der Waals surface area contributed by atoms with E-state index in [1.807, 2.05) is 12.1 Å². The number of nitrogens with zero attached hydrogens (tertiary/aromatic N) is 1. The van der Waals surface area contributed by atoms with Crippen molar-refractivity contribution in [3.05, 3.63) is 29.8 Å². The van der Waals surface area contributed by atoms with Crippen molar-refractivity contribution < 1.29 is 9.90 Å². The van der Waals surface area contributed by atoms with Crippen LogP contribution in [0.15, 0.2) is 24.3 Å². The maximum Gasteiger partial charge on any atom is 0.407 e. The van der Waals surface area contributed by atoms with Gasteiger partial charge in [0.2, 0.25) is 0 Å². The molecule has 1 unspecified atom stereocenters. The summed E-state index contributed by atoms with van der Waals surface area (Å²) in [6.45, 7) is 1.87. The molecule has 1 aromatic rings. The Balaban J connectivity index is 2.23. The first kappa shape index (κ1) is 10.8. The molecule has 1 atom stereocenters. The number of amides is 1. The molecule has 1 aromatic carbocycles. The van der Waals surface area contributed by atoms with Gasteiger partial charge in [-0.05, 0) is 17.7 Å². The predicted octanol–water partition coefficient (Wildman–Crippen LogP) is 0.893. The number of hydrogen-bond acceptors (Lipinski definition) is 3. The molecule has 2 rings (SSSR count). The lowest BCUT2D eigenvalue weighted by molar-refractivity contribution is 0.112. The molecule has 5 nitrogen and oxygen atoms in total. The third-order valence-corrected chi connectivity index (χ3v) is 2.81. The van der Waals surface area contributed by atoms with E-state index < -0.39 is 6.09 Å². The van der Waals surface area contributed by atoms with Crippen molar-refractivity contribution in [2.75, 3.05) is 25.4 Å². The largest absolute Gasteiger partial charge is 0.465 e. The quantitative estimate of drug-likeness (QED) is 0.615. The zero-order chi connectivity index (χ0) is 11.5. The molecular weight excluding hydrogens is 206 g/mol. The van der Waals surface area contributed by atoms with Gasteiger partial charge in [-0.2, -0.15) is 0 Å². The minimum absolute atomic E-state index is 0.119. The summed E-state index contributed by atoms with van der Waals surface area (Å²) >= 11 is 0. The van der Waals surface area contributed by atoms with Crippen LogP contribution in [0, 0.1) is 0 Å². The lowest BCUT2D eigenvalue weighted by atomic mass is 10.0. The minimum Gasteiger partial charge on any atom is -0.465 e. The Kier molecular flexibility index (Phi) is 2.96. The molecule has 1 aliphatic heterocycles. The highest BCUT2D eigenvalue weighted by Gasteiger charge is 2.27. The fourth-order valence-corrected chi connectivity index (χ4v) is 1.95. The maximum absolute atomic E-state index is 11.1. The minimum atomic E-state index is -0.872. The first-order valence-corrected chi connectivity index (χ1v) is 5.24. The van der Waals surface area contributed by atoms with Crippen molar-refractivity contribution in [3.63, 3.8) is 0 Å². The Morgan fingerprint density at radius 3 is 2.75 bits per heavy atom. The summed E-state index contributed by atoms with van der Waals surface area (Å²) in [5.41, 5.74) is 7.27. The molecule has 0 aromatic heterocycles. The van der Waals surface area contributed by atoms with Gasteiger partial charge in [-0.25, -0.2) is 4.79 Å². The molecule has 1 aliphatic rings. The summed E-state index contributed by atoms with van der Waals surface area (Å²) < 4.78 is 0. The normalized spacial score (nSPS) is 20.8. The molecule has 0 spiro atoms. The van der Waals surface area contributed by atoms with E-state index in [0.717, 1.165) is 5.56 Å². The van der Waals surface area contributed by atoms with Crippen LogP contribution in [0.5, 0.6) is 0 Å². The molecule has 1 saturated heterocycles. The number of piperazine rings is 1. The molecule has 86 valence electrons. The molecule has 5 heteroatoms. The zero-order valence-corrected chi connectivity index (χ0v) is 8.89. The third-order valence-electron chi connectivity index (χ3n) is 2.81. The highest BCUT2D eigenvalue weighted by Crippen LogP contribution is 2.22. The van der Waals surface area contributed by atoms with Gasteiger partial charge >= 0.3 is 6.09 Å². The highest BCUT2D eigenvalue weighted by molar-refractivity contribution is 5.66. The lowest BCUT2D eigenvalue weighted by Gasteiger charge is -2.34. The Labute approximate surface area is 93.9 Å². The fourth-order valence-electron chi connectivity index (χ4n) is 1.95. The van der Waals surface area contributed by atoms with E-state index in [0.29, 0.717) is 25.3 Å². The third kappa shape index (κ3) is 2.09. The van der Waals surface area contributed by atoms with E-state index >= 15 is 0 Å². The summed E-state index contributed by atoms with van der Waals surface area (Å²) in [4.78, 5) is 12.5. The number of anilines is 1. The van der Waals surface area contributed by atoms with Gasteiger partial charge in [-0.3, -0.25) is 4.90 Å². The SMILES string of the molecule is Nc1ccc(C2CNCCN2C(=O)O)cc1. The van der Waals surface area contributed by atoms with Crippen molar-refractivity contribution in [2.24, 2.45) is 0 Å². The van der Waals surface area contributed by atoms with E-state index in [1.54, 1.807) is 12.1 Å². The van der Waals surface area contributed by atoms with E-state index in [1.165, 1.54) is 4.90 Å². The van der Waals surface area contributed by atoms with Crippen molar-refractivity contribution in [2.45, 2.75) is 6.04 Å². The molecule has 16 heavy (non-hydrogen) atoms. The van der Waals surface area contributed by atoms with Crippen LogP contribution in [0.2, 0.25) is 0 Å². The molecule has 4 N–H and O–H groups in total. The Morgan fingerprint density at radius 2 is 2.12 bits per heavy atom. The average molecular weight is 221 g/mol. The van der Waals surface area contributed by atoms with Gasteiger partial charge in [-0.15, -0.1) is 0 Å². The molecule has 1 fully saturated rings. The Bertz CT molecular complexity index is 377. The average Bonchev–Trinajstić information content (AvgIpc) is 2.30. The maximum atomic E-state index is 11.1. The van der Waals surface area contributed by atoms with Crippen LogP contribution in [0.4, 0.5) is 10.5 Å². The van der Waals surface area contributed by atoms with Crippen LogP contribution in [0.3, 0.4) is 0 Å². The van der Waals surface area contributed by atoms with Crippen LogP contribution < -0.4 is 11.1 Å². The number of carbonyl (C=O) groups is 1. The van der Waals surface area contributed by atoms with Gasteiger partial charge in [0.05, 0.1) is 6.04 Å². The summed E-state index contributed by atoms with van der Waals surface area (Å²) in [5.74, 6) is 0. The smallest absolute Gasteiger partial charge is 0.407 e. The summed E-state index contributed by atoms with van der Waals surface area (Å²) in [5, 5.41) is 12.3. The van der Waals surface area contributed by atoms with Crippen LogP contribution in [0.1, 0.15) is 11.6 Å². The summed E-state index contributed by atoms with van der Waals surface area (Å²) in [6.07, 6.45) is -0.872. The van der Waals surface area contributed by atoms with Gasteiger partial charge < -0.3 is 16.2 Å². The fraction of sp³-hybridized carbons (Fsp3) is 0.364. The number of benzene rings is 1.